The van der Waals surface area contributed by atoms with Crippen molar-refractivity contribution in [3.8, 4) is 0 Å². The fourth-order valence-corrected chi connectivity index (χ4v) is 1.68. The summed E-state index contributed by atoms with van der Waals surface area (Å²) in [5, 5.41) is 4.55. The van der Waals surface area contributed by atoms with Gasteiger partial charge in [-0.25, -0.2) is 0 Å². The van der Waals surface area contributed by atoms with Gasteiger partial charge in [-0.05, 0) is 33.4 Å². The van der Waals surface area contributed by atoms with Crippen molar-refractivity contribution >= 4 is 17.2 Å². The number of aromatic nitrogens is 2. The van der Waals surface area contributed by atoms with Gasteiger partial charge >= 0.3 is 0 Å². The van der Waals surface area contributed by atoms with Crippen LogP contribution in [0.1, 0.15) is 38.9 Å². The third-order valence-electron chi connectivity index (χ3n) is 3.19. The minimum Gasteiger partial charge on any atom is -0.392 e. The number of hydrogen-bond donors (Lipinski definition) is 1. The Balaban J connectivity index is 2.63. The molecule has 0 fully saturated rings. The van der Waals surface area contributed by atoms with E-state index in [9.17, 15) is 0 Å². The van der Waals surface area contributed by atoms with Gasteiger partial charge in [0.1, 0.15) is 0 Å². The number of likely N-dealkylation sites (N-methyl/N-ethyl adjacent to an activating group) is 1. The Hall–Kier alpha value is -0.940. The first-order chi connectivity index (χ1) is 7.95. The monoisotopic (exact) mass is 254 g/mol. The topological polar surface area (TPSA) is 47.1 Å². The van der Waals surface area contributed by atoms with Gasteiger partial charge in [-0.1, -0.05) is 19.1 Å². The Morgan fingerprint density at radius 2 is 2.24 bits per heavy atom. The highest BCUT2D eigenvalue weighted by Crippen LogP contribution is 2.11. The predicted molar refractivity (Wildman–Crippen MR) is 74.9 cm³/mol. The minimum atomic E-state index is 0.0961. The van der Waals surface area contributed by atoms with Crippen molar-refractivity contribution in [3.05, 3.63) is 18.0 Å². The summed E-state index contributed by atoms with van der Waals surface area (Å²) in [5.41, 5.74) is 6.68. The van der Waals surface area contributed by atoms with Crippen LogP contribution < -0.4 is 5.73 Å². The van der Waals surface area contributed by atoms with Crippen molar-refractivity contribution < 1.29 is 0 Å². The molecular weight excluding hydrogens is 232 g/mol. The average molecular weight is 254 g/mol. The average Bonchev–Trinajstić information content (AvgIpc) is 2.75. The highest BCUT2D eigenvalue weighted by Gasteiger charge is 2.13. The third kappa shape index (κ3) is 3.78. The molecule has 0 amide bonds. The number of rotatable bonds is 6. The van der Waals surface area contributed by atoms with Gasteiger partial charge in [0.25, 0.3) is 0 Å². The summed E-state index contributed by atoms with van der Waals surface area (Å²) >= 11 is 4.99. The molecule has 0 saturated heterocycles. The molecule has 0 aliphatic carbocycles. The van der Waals surface area contributed by atoms with Crippen molar-refractivity contribution in [1.82, 2.24) is 14.7 Å². The van der Waals surface area contributed by atoms with E-state index in [2.05, 4.69) is 29.9 Å². The van der Waals surface area contributed by atoms with E-state index in [1.807, 2.05) is 24.9 Å². The number of thiocarbonyl (C=S) groups is 1. The van der Waals surface area contributed by atoms with E-state index in [4.69, 9.17) is 18.0 Å². The first kappa shape index (κ1) is 14.1. The molecule has 17 heavy (non-hydrogen) atoms. The Morgan fingerprint density at radius 3 is 2.76 bits per heavy atom. The third-order valence-corrected chi connectivity index (χ3v) is 3.53. The summed E-state index contributed by atoms with van der Waals surface area (Å²) in [6, 6.07) is 2.59. The number of nitrogens with zero attached hydrogens (tertiary/aromatic N) is 3. The fraction of sp³-hybridized carbons (Fsp3) is 0.667. The summed E-state index contributed by atoms with van der Waals surface area (Å²) in [4.78, 5) is 2.62. The van der Waals surface area contributed by atoms with Gasteiger partial charge in [-0.2, -0.15) is 5.10 Å². The molecule has 1 aromatic rings. The standard InChI is InChI=1S/C12H22N4S/c1-5-9(2)16-7-6-11(14-16)8-15(4)10(3)12(13)17/h6-7,9-10H,5,8H2,1-4H3,(H2,13,17). The van der Waals surface area contributed by atoms with Crippen molar-refractivity contribution in [2.75, 3.05) is 7.05 Å². The molecule has 1 aromatic heterocycles. The molecule has 0 saturated carbocycles. The van der Waals surface area contributed by atoms with E-state index in [0.717, 1.165) is 18.7 Å². The zero-order valence-electron chi connectivity index (χ0n) is 11.1. The van der Waals surface area contributed by atoms with Crippen LogP contribution in [0, 0.1) is 0 Å². The first-order valence-corrected chi connectivity index (χ1v) is 6.40. The lowest BCUT2D eigenvalue weighted by Crippen LogP contribution is -2.38. The second-order valence-corrected chi connectivity index (χ2v) is 5.01. The van der Waals surface area contributed by atoms with Crippen LogP contribution in [0.25, 0.3) is 0 Å². The minimum absolute atomic E-state index is 0.0961. The quantitative estimate of drug-likeness (QED) is 0.788. The molecule has 0 aliphatic heterocycles. The normalized spacial score (nSPS) is 14.9. The van der Waals surface area contributed by atoms with Crippen LogP contribution in [-0.4, -0.2) is 32.8 Å². The van der Waals surface area contributed by atoms with Crippen molar-refractivity contribution in [2.45, 2.75) is 45.8 Å². The van der Waals surface area contributed by atoms with Gasteiger partial charge in [-0.15, -0.1) is 0 Å². The van der Waals surface area contributed by atoms with Crippen molar-refractivity contribution in [3.63, 3.8) is 0 Å². The molecular formula is C12H22N4S. The highest BCUT2D eigenvalue weighted by atomic mass is 32.1. The van der Waals surface area contributed by atoms with Gasteiger partial charge in [-0.3, -0.25) is 9.58 Å². The fourth-order valence-electron chi connectivity index (χ4n) is 1.50. The summed E-state index contributed by atoms with van der Waals surface area (Å²) in [7, 11) is 2.01. The lowest BCUT2D eigenvalue weighted by Gasteiger charge is -2.22. The van der Waals surface area contributed by atoms with E-state index >= 15 is 0 Å². The molecule has 96 valence electrons. The van der Waals surface area contributed by atoms with Crippen molar-refractivity contribution in [1.29, 1.82) is 0 Å². The van der Waals surface area contributed by atoms with Crippen LogP contribution >= 0.6 is 12.2 Å². The molecule has 4 nitrogen and oxygen atoms in total. The Kier molecular flexibility index (Phi) is 5.08. The summed E-state index contributed by atoms with van der Waals surface area (Å²) < 4.78 is 2.01. The molecule has 5 heteroatoms. The highest BCUT2D eigenvalue weighted by molar-refractivity contribution is 7.80. The predicted octanol–water partition coefficient (Wildman–Crippen LogP) is 1.96. The molecule has 0 bridgehead atoms. The van der Waals surface area contributed by atoms with Crippen LogP contribution in [0.2, 0.25) is 0 Å². The van der Waals surface area contributed by atoms with E-state index in [0.29, 0.717) is 11.0 Å². The van der Waals surface area contributed by atoms with Crippen LogP contribution in [0.5, 0.6) is 0 Å². The Bertz CT molecular complexity index is 374. The number of hydrogen-bond acceptors (Lipinski definition) is 3. The first-order valence-electron chi connectivity index (χ1n) is 5.99. The molecule has 0 spiro atoms. The maximum atomic E-state index is 5.63. The van der Waals surface area contributed by atoms with Gasteiger partial charge in [0.05, 0.1) is 16.7 Å². The largest absolute Gasteiger partial charge is 0.392 e. The molecule has 0 aliphatic rings. The summed E-state index contributed by atoms with van der Waals surface area (Å²) in [6.07, 6.45) is 3.11. The molecule has 0 aromatic carbocycles. The summed E-state index contributed by atoms with van der Waals surface area (Å²) in [6.45, 7) is 7.10. The smallest absolute Gasteiger partial charge is 0.0899 e. The Morgan fingerprint density at radius 1 is 1.59 bits per heavy atom. The molecule has 1 rings (SSSR count). The van der Waals surface area contributed by atoms with Crippen LogP contribution in [0.15, 0.2) is 12.3 Å². The maximum absolute atomic E-state index is 5.63. The van der Waals surface area contributed by atoms with E-state index < -0.39 is 0 Å². The zero-order chi connectivity index (χ0) is 13.0. The molecule has 0 radical (unpaired) electrons. The van der Waals surface area contributed by atoms with Crippen LogP contribution in [0.3, 0.4) is 0 Å². The second-order valence-electron chi connectivity index (χ2n) is 4.54. The lowest BCUT2D eigenvalue weighted by molar-refractivity contribution is 0.298. The number of nitrogens with two attached hydrogens (primary N) is 1. The van der Waals surface area contributed by atoms with Gasteiger partial charge < -0.3 is 5.73 Å². The van der Waals surface area contributed by atoms with Crippen LogP contribution in [0.4, 0.5) is 0 Å². The van der Waals surface area contributed by atoms with E-state index in [1.54, 1.807) is 0 Å². The van der Waals surface area contributed by atoms with Gasteiger partial charge in [0, 0.05) is 18.8 Å². The van der Waals surface area contributed by atoms with Crippen molar-refractivity contribution in [2.24, 2.45) is 5.73 Å². The zero-order valence-corrected chi connectivity index (χ0v) is 11.9. The maximum Gasteiger partial charge on any atom is 0.0899 e. The van der Waals surface area contributed by atoms with Gasteiger partial charge in [0.2, 0.25) is 0 Å². The van der Waals surface area contributed by atoms with E-state index in [-0.39, 0.29) is 6.04 Å². The SMILES string of the molecule is CCC(C)n1ccc(CN(C)C(C)C(N)=S)n1. The van der Waals surface area contributed by atoms with Gasteiger partial charge in [0.15, 0.2) is 0 Å². The molecule has 1 heterocycles. The van der Waals surface area contributed by atoms with Crippen LogP contribution in [-0.2, 0) is 6.54 Å². The Labute approximate surface area is 109 Å². The second kappa shape index (κ2) is 6.12. The summed E-state index contributed by atoms with van der Waals surface area (Å²) in [5.74, 6) is 0. The van der Waals surface area contributed by atoms with E-state index in [1.165, 1.54) is 0 Å². The lowest BCUT2D eigenvalue weighted by atomic mass is 10.3. The molecule has 2 N–H and O–H groups in total. The molecule has 2 unspecified atom stereocenters. The molecule has 2 atom stereocenters.